The second kappa shape index (κ2) is 9.16. The Morgan fingerprint density at radius 1 is 1.20 bits per heavy atom. The number of fused-ring (bicyclic) bond motifs is 1. The number of carbonyl (C=O) groups excluding carboxylic acids is 1. The molecule has 1 aromatic heterocycles. The van der Waals surface area contributed by atoms with Crippen molar-refractivity contribution in [3.8, 4) is 5.75 Å². The minimum absolute atomic E-state index is 0.112. The lowest BCUT2D eigenvalue weighted by atomic mass is 10.1. The molecule has 156 valence electrons. The molecule has 4 rings (SSSR count). The number of esters is 1. The number of methoxy groups -OCH3 is 1. The van der Waals surface area contributed by atoms with Gasteiger partial charge in [0.15, 0.2) is 0 Å². The van der Waals surface area contributed by atoms with Crippen LogP contribution in [0.2, 0.25) is 5.02 Å². The molecule has 30 heavy (non-hydrogen) atoms. The highest BCUT2D eigenvalue weighted by Gasteiger charge is 2.20. The van der Waals surface area contributed by atoms with Gasteiger partial charge in [-0.2, -0.15) is 0 Å². The zero-order chi connectivity index (χ0) is 21.1. The molecule has 1 aliphatic heterocycles. The summed E-state index contributed by atoms with van der Waals surface area (Å²) in [6.45, 7) is 2.84. The van der Waals surface area contributed by atoms with E-state index in [1.165, 1.54) is 24.2 Å². The number of halogens is 1. The molecule has 0 bridgehead atoms. The van der Waals surface area contributed by atoms with Gasteiger partial charge >= 0.3 is 5.97 Å². The summed E-state index contributed by atoms with van der Waals surface area (Å²) in [6.07, 6.45) is 2.43. The molecule has 2 aromatic carbocycles. The van der Waals surface area contributed by atoms with Gasteiger partial charge in [0.25, 0.3) is 0 Å². The Labute approximate surface area is 184 Å². The Bertz CT molecular complexity index is 1090. The molecule has 7 heteroatoms. The fourth-order valence-corrected chi connectivity index (χ4v) is 5.11. The van der Waals surface area contributed by atoms with Crippen molar-refractivity contribution in [1.29, 1.82) is 5.41 Å². The Hall–Kier alpha value is -2.41. The van der Waals surface area contributed by atoms with Crippen LogP contribution < -0.4 is 4.74 Å². The molecule has 0 unspecified atom stereocenters. The molecule has 1 N–H and O–H groups in total. The first kappa shape index (κ1) is 20.8. The Morgan fingerprint density at radius 3 is 2.70 bits per heavy atom. The van der Waals surface area contributed by atoms with Crippen molar-refractivity contribution in [2.75, 3.05) is 26.8 Å². The molecule has 0 aliphatic carbocycles. The maximum atomic E-state index is 12.5. The molecule has 1 aliphatic rings. The number of nitrogens with zero attached hydrogens (tertiary/aromatic N) is 1. The normalized spacial score (nSPS) is 14.2. The van der Waals surface area contributed by atoms with Crippen LogP contribution in [-0.2, 0) is 11.3 Å². The number of likely N-dealkylation sites (tertiary alicyclic amines) is 1. The number of hydrogen-bond donors (Lipinski definition) is 1. The molecule has 0 amide bonds. The van der Waals surface area contributed by atoms with Crippen molar-refractivity contribution in [3.63, 3.8) is 0 Å². The van der Waals surface area contributed by atoms with Crippen LogP contribution in [0.3, 0.4) is 0 Å². The lowest BCUT2D eigenvalue weighted by molar-refractivity contribution is 0.0569. The monoisotopic (exact) mass is 442 g/mol. The molecule has 3 aromatic rings. The van der Waals surface area contributed by atoms with E-state index in [1.807, 2.05) is 42.5 Å². The van der Waals surface area contributed by atoms with Gasteiger partial charge in [-0.1, -0.05) is 29.8 Å². The van der Waals surface area contributed by atoms with E-state index >= 15 is 0 Å². The average Bonchev–Trinajstić information content (AvgIpc) is 3.40. The number of hydrogen-bond acceptors (Lipinski definition) is 6. The lowest BCUT2D eigenvalue weighted by Gasteiger charge is -2.18. The van der Waals surface area contributed by atoms with Crippen LogP contribution in [0.15, 0.2) is 42.5 Å². The predicted molar refractivity (Wildman–Crippen MR) is 121 cm³/mol. The highest BCUT2D eigenvalue weighted by molar-refractivity contribution is 7.21. The molecular formula is C23H23ClN2O3S. The quantitative estimate of drug-likeness (QED) is 0.394. The predicted octanol–water partition coefficient (Wildman–Crippen LogP) is 5.38. The molecule has 0 atom stereocenters. The Balaban J connectivity index is 1.45. The smallest absolute Gasteiger partial charge is 0.350 e. The Kier molecular flexibility index (Phi) is 6.37. The van der Waals surface area contributed by atoms with E-state index in [4.69, 9.17) is 26.5 Å². The van der Waals surface area contributed by atoms with E-state index in [1.54, 1.807) is 7.11 Å². The summed E-state index contributed by atoms with van der Waals surface area (Å²) in [5.41, 5.74) is 2.01. The summed E-state index contributed by atoms with van der Waals surface area (Å²) in [7, 11) is 1.66. The van der Waals surface area contributed by atoms with Crippen LogP contribution in [0.4, 0.5) is 0 Å². The minimum Gasteiger partial charge on any atom is -0.496 e. The third kappa shape index (κ3) is 4.36. The minimum atomic E-state index is -0.503. The molecule has 5 nitrogen and oxygen atoms in total. The lowest BCUT2D eigenvalue weighted by Crippen LogP contribution is -2.19. The SMILES string of the molecule is COc1ccc(C(=N)COC(=O)c2sc3ccccc3c2Cl)cc1CN1CCCC1. The summed E-state index contributed by atoms with van der Waals surface area (Å²) in [5, 5.41) is 9.64. The Morgan fingerprint density at radius 2 is 1.97 bits per heavy atom. The summed E-state index contributed by atoms with van der Waals surface area (Å²) < 4.78 is 11.8. The number of nitrogens with one attached hydrogen (secondary N) is 1. The number of carbonyl (C=O) groups is 1. The highest BCUT2D eigenvalue weighted by atomic mass is 35.5. The molecule has 1 saturated heterocycles. The van der Waals surface area contributed by atoms with Crippen molar-refractivity contribution >= 4 is 44.7 Å². The maximum Gasteiger partial charge on any atom is 0.350 e. The first-order chi connectivity index (χ1) is 14.6. The van der Waals surface area contributed by atoms with Crippen molar-refractivity contribution < 1.29 is 14.3 Å². The zero-order valence-corrected chi connectivity index (χ0v) is 18.3. The molecular weight excluding hydrogens is 420 g/mol. The van der Waals surface area contributed by atoms with Gasteiger partial charge in [0.2, 0.25) is 0 Å². The molecule has 0 spiro atoms. The molecule has 2 heterocycles. The van der Waals surface area contributed by atoms with Gasteiger partial charge < -0.3 is 14.9 Å². The van der Waals surface area contributed by atoms with Crippen molar-refractivity contribution in [1.82, 2.24) is 4.90 Å². The van der Waals surface area contributed by atoms with Crippen LogP contribution >= 0.6 is 22.9 Å². The van der Waals surface area contributed by atoms with Gasteiger partial charge in [0, 0.05) is 22.2 Å². The van der Waals surface area contributed by atoms with Gasteiger partial charge in [-0.05, 0) is 55.8 Å². The standard InChI is InChI=1S/C23H23ClN2O3S/c1-28-19-9-8-15(12-16(19)13-26-10-4-5-11-26)18(25)14-29-23(27)22-21(24)17-6-2-3-7-20(17)30-22/h2-3,6-9,12,25H,4-5,10-11,13-14H2,1H3. The number of ether oxygens (including phenoxy) is 2. The second-order valence-corrected chi connectivity index (χ2v) is 8.74. The fraction of sp³-hybridized carbons (Fsp3) is 0.304. The highest BCUT2D eigenvalue weighted by Crippen LogP contribution is 2.35. The summed E-state index contributed by atoms with van der Waals surface area (Å²) in [5.74, 6) is 0.309. The zero-order valence-electron chi connectivity index (χ0n) is 16.7. The van der Waals surface area contributed by atoms with Crippen LogP contribution in [0, 0.1) is 5.41 Å². The van der Waals surface area contributed by atoms with Crippen molar-refractivity contribution in [2.45, 2.75) is 19.4 Å². The fourth-order valence-electron chi connectivity index (χ4n) is 3.70. The third-order valence-electron chi connectivity index (χ3n) is 5.29. The van der Waals surface area contributed by atoms with E-state index in [-0.39, 0.29) is 12.3 Å². The van der Waals surface area contributed by atoms with E-state index in [9.17, 15) is 4.79 Å². The van der Waals surface area contributed by atoms with Crippen LogP contribution in [0.25, 0.3) is 10.1 Å². The third-order valence-corrected chi connectivity index (χ3v) is 6.94. The maximum absolute atomic E-state index is 12.5. The molecule has 0 radical (unpaired) electrons. The molecule has 1 fully saturated rings. The van der Waals surface area contributed by atoms with Gasteiger partial charge in [-0.25, -0.2) is 4.79 Å². The summed E-state index contributed by atoms with van der Waals surface area (Å²) in [4.78, 5) is 15.3. The second-order valence-electron chi connectivity index (χ2n) is 7.31. The average molecular weight is 443 g/mol. The number of benzene rings is 2. The van der Waals surface area contributed by atoms with Crippen molar-refractivity contribution in [2.24, 2.45) is 0 Å². The van der Waals surface area contributed by atoms with Crippen LogP contribution in [0.1, 0.15) is 33.6 Å². The van der Waals surface area contributed by atoms with Gasteiger partial charge in [0.05, 0.1) is 17.8 Å². The van der Waals surface area contributed by atoms with E-state index in [0.717, 1.165) is 46.6 Å². The van der Waals surface area contributed by atoms with Crippen LogP contribution in [-0.4, -0.2) is 43.4 Å². The van der Waals surface area contributed by atoms with Gasteiger partial charge in [-0.15, -0.1) is 11.3 Å². The van der Waals surface area contributed by atoms with E-state index in [0.29, 0.717) is 9.90 Å². The van der Waals surface area contributed by atoms with Gasteiger partial charge in [0.1, 0.15) is 17.2 Å². The topological polar surface area (TPSA) is 62.6 Å². The molecule has 0 saturated carbocycles. The van der Waals surface area contributed by atoms with E-state index < -0.39 is 5.97 Å². The van der Waals surface area contributed by atoms with Crippen LogP contribution in [0.5, 0.6) is 5.75 Å². The largest absolute Gasteiger partial charge is 0.496 e. The van der Waals surface area contributed by atoms with Crippen molar-refractivity contribution in [3.05, 3.63) is 63.5 Å². The van der Waals surface area contributed by atoms with Gasteiger partial charge in [-0.3, -0.25) is 4.90 Å². The first-order valence-corrected chi connectivity index (χ1v) is 11.1. The summed E-state index contributed by atoms with van der Waals surface area (Å²) in [6, 6.07) is 13.3. The summed E-state index contributed by atoms with van der Waals surface area (Å²) >= 11 is 7.66. The number of thiophene rings is 1. The first-order valence-electron chi connectivity index (χ1n) is 9.88. The number of rotatable bonds is 7. The van der Waals surface area contributed by atoms with E-state index in [2.05, 4.69) is 4.90 Å².